The van der Waals surface area contributed by atoms with E-state index in [0.29, 0.717) is 36.2 Å². The van der Waals surface area contributed by atoms with Crippen LogP contribution in [0.3, 0.4) is 0 Å². The molecule has 266 valence electrons. The first kappa shape index (κ1) is 35.7. The number of allylic oxidation sites excluding steroid dienone is 1. The van der Waals surface area contributed by atoms with Gasteiger partial charge in [0.15, 0.2) is 0 Å². The lowest BCUT2D eigenvalue weighted by Gasteiger charge is -2.17. The number of hydrogen-bond donors (Lipinski definition) is 0. The highest BCUT2D eigenvalue weighted by molar-refractivity contribution is 7.16. The molecular weight excluding hydrogens is 745 g/mol. The van der Waals surface area contributed by atoms with Crippen LogP contribution in [0.4, 0.5) is 11.4 Å². The van der Waals surface area contributed by atoms with Gasteiger partial charge >= 0.3 is 0 Å². The van der Waals surface area contributed by atoms with Crippen LogP contribution in [0, 0.1) is 22.7 Å². The van der Waals surface area contributed by atoms with Crippen LogP contribution in [0.1, 0.15) is 63.2 Å². The van der Waals surface area contributed by atoms with Crippen molar-refractivity contribution < 1.29 is 9.59 Å². The van der Waals surface area contributed by atoms with Crippen LogP contribution in [-0.4, -0.2) is 24.9 Å². The van der Waals surface area contributed by atoms with Gasteiger partial charge in [-0.05, 0) is 89.3 Å². The van der Waals surface area contributed by atoms with Crippen molar-refractivity contribution in [2.24, 2.45) is 0 Å². The number of thiophene rings is 4. The Morgan fingerprint density at radius 2 is 1.35 bits per heavy atom. The molecule has 0 bridgehead atoms. The molecule has 4 aromatic heterocycles. The third-order valence-electron chi connectivity index (χ3n) is 9.68. The molecule has 2 amide bonds. The van der Waals surface area contributed by atoms with Crippen molar-refractivity contribution in [1.29, 1.82) is 10.5 Å². The molecule has 0 saturated carbocycles. The second kappa shape index (κ2) is 15.2. The summed E-state index contributed by atoms with van der Waals surface area (Å²) in [5, 5.41) is 23.6. The average Bonchev–Trinajstić information content (AvgIpc) is 4.05. The van der Waals surface area contributed by atoms with Crippen LogP contribution in [0.2, 0.25) is 0 Å². The Morgan fingerprint density at radius 1 is 0.741 bits per heavy atom. The number of nitrogens with zero attached hydrogens (tertiary/aromatic N) is 4. The first-order valence-electron chi connectivity index (χ1n) is 17.9. The summed E-state index contributed by atoms with van der Waals surface area (Å²) in [4.78, 5) is 38.7. The highest BCUT2D eigenvalue weighted by Gasteiger charge is 2.42. The normalized spacial score (nSPS) is 15.7. The van der Waals surface area contributed by atoms with Gasteiger partial charge in [-0.25, -0.2) is 0 Å². The molecule has 2 aliphatic heterocycles. The number of rotatable bonds is 11. The molecule has 8 rings (SSSR count). The van der Waals surface area contributed by atoms with Crippen molar-refractivity contribution in [2.75, 3.05) is 22.9 Å². The number of anilines is 2. The van der Waals surface area contributed by atoms with Gasteiger partial charge in [-0.15, -0.1) is 45.3 Å². The number of fused-ring (bicyclic) bond motifs is 2. The highest BCUT2D eigenvalue weighted by atomic mass is 32.1. The molecule has 2 aliphatic rings. The van der Waals surface area contributed by atoms with Crippen molar-refractivity contribution in [3.8, 4) is 33.0 Å². The molecule has 0 N–H and O–H groups in total. The second-order valence-corrected chi connectivity index (χ2v) is 17.4. The minimum Gasteiger partial charge on any atom is -0.308 e. The quantitative estimate of drug-likeness (QED) is 0.0968. The number of hydrogen-bond acceptors (Lipinski definition) is 8. The number of carbonyl (C=O) groups is 2. The molecule has 10 heteroatoms. The zero-order valence-corrected chi connectivity index (χ0v) is 32.9. The highest BCUT2D eigenvalue weighted by Crippen LogP contribution is 2.49. The van der Waals surface area contributed by atoms with E-state index in [1.54, 1.807) is 45.3 Å². The van der Waals surface area contributed by atoms with E-state index in [1.807, 2.05) is 81.2 Å². The molecule has 0 spiro atoms. The van der Waals surface area contributed by atoms with E-state index in [0.717, 1.165) is 75.7 Å². The van der Waals surface area contributed by atoms with Crippen molar-refractivity contribution in [3.63, 3.8) is 0 Å². The molecule has 6 nitrogen and oxygen atoms in total. The number of amides is 2. The maximum Gasteiger partial charge on any atom is 0.259 e. The predicted molar refractivity (Wildman–Crippen MR) is 226 cm³/mol. The molecule has 2 aromatic carbocycles. The number of benzene rings is 2. The third-order valence-corrected chi connectivity index (χ3v) is 13.8. The van der Waals surface area contributed by atoms with Crippen LogP contribution < -0.4 is 9.80 Å². The van der Waals surface area contributed by atoms with Gasteiger partial charge in [0.05, 0.1) is 40.1 Å². The van der Waals surface area contributed by atoms with E-state index in [9.17, 15) is 20.1 Å². The largest absolute Gasteiger partial charge is 0.308 e. The Hall–Kier alpha value is -5.36. The van der Waals surface area contributed by atoms with Crippen molar-refractivity contribution in [2.45, 2.75) is 39.0 Å². The van der Waals surface area contributed by atoms with E-state index in [1.165, 1.54) is 0 Å². The van der Waals surface area contributed by atoms with Gasteiger partial charge in [0.2, 0.25) is 0 Å². The molecule has 0 fully saturated rings. The number of carbonyl (C=O) groups excluding carboxylic acids is 2. The van der Waals surface area contributed by atoms with Crippen molar-refractivity contribution in [3.05, 3.63) is 126 Å². The van der Waals surface area contributed by atoms with Gasteiger partial charge in [0.1, 0.15) is 6.07 Å². The van der Waals surface area contributed by atoms with Gasteiger partial charge in [-0.2, -0.15) is 10.5 Å². The fraction of sp³-hybridized carbons (Fsp3) is 0.182. The predicted octanol–water partition coefficient (Wildman–Crippen LogP) is 11.6. The number of nitriles is 2. The average molecular weight is 779 g/mol. The summed E-state index contributed by atoms with van der Waals surface area (Å²) in [6.07, 6.45) is 4.12. The molecule has 1 atom stereocenters. The smallest absolute Gasteiger partial charge is 0.259 e. The lowest BCUT2D eigenvalue weighted by atomic mass is 9.95. The summed E-state index contributed by atoms with van der Waals surface area (Å²) >= 11 is 6.43. The second-order valence-electron chi connectivity index (χ2n) is 13.1. The van der Waals surface area contributed by atoms with Gasteiger partial charge in [0, 0.05) is 59.9 Å². The molecule has 0 aliphatic carbocycles. The summed E-state index contributed by atoms with van der Waals surface area (Å²) in [5.74, 6) is -0.474. The third kappa shape index (κ3) is 6.46. The molecule has 6 aromatic rings. The minimum absolute atomic E-state index is 0.144. The Labute approximate surface area is 330 Å². The Kier molecular flexibility index (Phi) is 10.0. The van der Waals surface area contributed by atoms with Crippen LogP contribution >= 0.6 is 45.3 Å². The summed E-state index contributed by atoms with van der Waals surface area (Å²) in [6.45, 7) is 5.19. The Balaban J connectivity index is 1.16. The van der Waals surface area contributed by atoms with Crippen LogP contribution in [-0.2, 0) is 16.0 Å². The Morgan fingerprint density at radius 3 is 1.91 bits per heavy atom. The van der Waals surface area contributed by atoms with Gasteiger partial charge in [0.25, 0.3) is 11.8 Å². The maximum atomic E-state index is 14.4. The summed E-state index contributed by atoms with van der Waals surface area (Å²) in [7, 11) is 0. The lowest BCUT2D eigenvalue weighted by Crippen LogP contribution is -2.29. The van der Waals surface area contributed by atoms with E-state index in [-0.39, 0.29) is 17.7 Å². The van der Waals surface area contributed by atoms with Crippen molar-refractivity contribution in [1.82, 2.24) is 0 Å². The summed E-state index contributed by atoms with van der Waals surface area (Å²) in [5.41, 5.74) is 6.73. The van der Waals surface area contributed by atoms with Crippen LogP contribution in [0.5, 0.6) is 0 Å². The van der Waals surface area contributed by atoms with Gasteiger partial charge in [-0.1, -0.05) is 50.2 Å². The zero-order valence-electron chi connectivity index (χ0n) is 29.7. The first-order chi connectivity index (χ1) is 26.4. The monoisotopic (exact) mass is 778 g/mol. The minimum atomic E-state index is -0.183. The van der Waals surface area contributed by atoms with Crippen LogP contribution in [0.25, 0.3) is 43.7 Å². The molecular formula is C44H34N4O2S4. The Bertz CT molecular complexity index is 2540. The van der Waals surface area contributed by atoms with Gasteiger partial charge in [-0.3, -0.25) is 9.59 Å². The topological polar surface area (TPSA) is 88.2 Å². The van der Waals surface area contributed by atoms with Crippen molar-refractivity contribution >= 4 is 91.3 Å². The fourth-order valence-electron chi connectivity index (χ4n) is 7.19. The summed E-state index contributed by atoms with van der Waals surface area (Å²) < 4.78 is 0. The summed E-state index contributed by atoms with van der Waals surface area (Å²) in [6, 6.07) is 33.2. The molecule has 54 heavy (non-hydrogen) atoms. The van der Waals surface area contributed by atoms with E-state index >= 15 is 0 Å². The molecule has 0 radical (unpaired) electrons. The zero-order chi connectivity index (χ0) is 37.3. The molecule has 0 saturated heterocycles. The fourth-order valence-corrected chi connectivity index (χ4v) is 10.7. The molecule has 1 unspecified atom stereocenters. The maximum absolute atomic E-state index is 14.4. The SMILES string of the molecule is CCCN1C(=O)/C(=C2/C(=O)N(CCC)c3cc(-c4ccc(CC(C#N)c5cccs5)s4)ccc32)c2ccc(-c3ccc(/C=C(\C#N)c4cccs4)s3)cc21. The van der Waals surface area contributed by atoms with Crippen LogP contribution in [0.15, 0.2) is 95.7 Å². The molecule has 6 heterocycles. The standard InChI is InChI=1S/C44H34N4O2S4/c1-3-17-47-35-23-27(39-15-11-31(53-39)21-29(25-45)37-7-5-19-51-37)9-13-33(35)41(43(47)49)42-34-14-10-28(24-36(34)48(18-4-2)44(42)50)40-16-12-32(54-40)22-30(26-46)38-8-6-20-52-38/h5-16,19-21,23-24,30H,3-4,17-18,22H2,1-2H3/b29-21+,42-41+. The first-order valence-corrected chi connectivity index (χ1v) is 21.3. The van der Waals surface area contributed by atoms with E-state index < -0.39 is 0 Å². The van der Waals surface area contributed by atoms with Gasteiger partial charge < -0.3 is 9.80 Å². The lowest BCUT2D eigenvalue weighted by molar-refractivity contribution is -0.114. The van der Waals surface area contributed by atoms with E-state index in [2.05, 4.69) is 56.3 Å². The van der Waals surface area contributed by atoms with E-state index in [4.69, 9.17) is 0 Å².